The molecular formula is C55H56Cl4N7O6P. The first kappa shape index (κ1) is 58.8. The summed E-state index contributed by atoms with van der Waals surface area (Å²) >= 11 is 20.0. The summed E-state index contributed by atoms with van der Waals surface area (Å²) in [4.78, 5) is 75.3. The van der Waals surface area contributed by atoms with E-state index in [1.807, 2.05) is 146 Å². The summed E-state index contributed by atoms with van der Waals surface area (Å²) in [5, 5.41) is 9.26. The Balaban J connectivity index is 0.000000283. The van der Waals surface area contributed by atoms with Gasteiger partial charge in [-0.3, -0.25) is 28.5 Å². The minimum atomic E-state index is -3.22. The molecule has 18 heteroatoms. The average Bonchev–Trinajstić information content (AvgIpc) is 3.37. The number of rotatable bonds is 16. The van der Waals surface area contributed by atoms with E-state index < -0.39 is 22.9 Å². The lowest BCUT2D eigenvalue weighted by Crippen LogP contribution is -2.37. The lowest BCUT2D eigenvalue weighted by atomic mass is 9.90. The smallest absolute Gasteiger partial charge is 0.339 e. The highest BCUT2D eigenvalue weighted by Crippen LogP contribution is 2.61. The van der Waals surface area contributed by atoms with Gasteiger partial charge in [-0.05, 0) is 92.6 Å². The second kappa shape index (κ2) is 29.7. The molecule has 0 radical (unpaired) electrons. The van der Waals surface area contributed by atoms with Crippen LogP contribution in [0.1, 0.15) is 88.3 Å². The van der Waals surface area contributed by atoms with Gasteiger partial charge in [0, 0.05) is 43.5 Å². The minimum absolute atomic E-state index is 0. The van der Waals surface area contributed by atoms with Gasteiger partial charge < -0.3 is 21.3 Å². The Morgan fingerprint density at radius 2 is 0.904 bits per heavy atom. The van der Waals surface area contributed by atoms with Gasteiger partial charge in [-0.1, -0.05) is 178 Å². The molecule has 0 aliphatic carbocycles. The summed E-state index contributed by atoms with van der Waals surface area (Å²) in [6, 6.07) is 53.1. The Hall–Kier alpha value is -6.73. The molecular weight excluding hydrogens is 1030 g/mol. The van der Waals surface area contributed by atoms with Crippen LogP contribution in [0, 0.1) is 0 Å². The van der Waals surface area contributed by atoms with Gasteiger partial charge in [0.1, 0.15) is 10.9 Å². The Morgan fingerprint density at radius 1 is 0.521 bits per heavy atom. The van der Waals surface area contributed by atoms with Crippen LogP contribution in [0.4, 0.5) is 0 Å². The number of halogens is 4. The highest BCUT2D eigenvalue weighted by Gasteiger charge is 2.25. The molecule has 0 saturated carbocycles. The van der Waals surface area contributed by atoms with Crippen molar-refractivity contribution in [2.75, 3.05) is 26.2 Å². The Kier molecular flexibility index (Phi) is 23.9. The quantitative estimate of drug-likeness (QED) is 0.0418. The van der Waals surface area contributed by atoms with Crippen molar-refractivity contribution in [3.63, 3.8) is 0 Å². The normalized spacial score (nSPS) is 11.4. The van der Waals surface area contributed by atoms with Crippen LogP contribution in [0.15, 0.2) is 175 Å². The minimum Gasteiger partial charge on any atom is -0.355 e. The molecule has 0 bridgehead atoms. The van der Waals surface area contributed by atoms with E-state index in [9.17, 15) is 28.5 Å². The number of amides is 5. The van der Waals surface area contributed by atoms with Gasteiger partial charge in [-0.2, -0.15) is 0 Å². The highest BCUT2D eigenvalue weighted by atomic mass is 36.0. The first-order valence-electron chi connectivity index (χ1n) is 22.4. The van der Waals surface area contributed by atoms with E-state index in [1.165, 1.54) is 0 Å². The fourth-order valence-corrected chi connectivity index (χ4v) is 7.76. The fraction of sp³-hybridized carbons (Fsp3) is 0.200. The molecule has 2 heterocycles. The molecule has 6 aromatic carbocycles. The summed E-state index contributed by atoms with van der Waals surface area (Å²) in [7, 11) is 0. The van der Waals surface area contributed by atoms with Crippen molar-refractivity contribution in [3.05, 3.63) is 214 Å². The number of nitrogens with zero attached hydrogens (tertiary/aromatic N) is 3. The molecule has 73 heavy (non-hydrogen) atoms. The van der Waals surface area contributed by atoms with Crippen LogP contribution in [-0.2, 0) is 25.4 Å². The molecule has 4 N–H and O–H groups in total. The van der Waals surface area contributed by atoms with E-state index in [0.29, 0.717) is 61.9 Å². The molecule has 1 aromatic heterocycles. The standard InChI is InChI=1S/C27H25N3O3.C26H23ClN4O2.2CH4.Cl3OP/c31-25-22-15-8-7-14-21(22)18-23(30-25)26(32)28-16-9-17-29-27(33)24(19-10-3-1-4-11-19)20-12-5-2-6-13-20;27-23-20-14-7-8-15-21(20)30-24(31-23)26(33)29-17-9-16-28-25(32)22(18-10-3-1-4-11-18)19-12-5-2-6-13-19;;;1-5(2,3)4/h1-8,10-15,24H,9,16-18H2,(H,28,32)(H,29,33);1-8,10-15,22H,9,16-17H2,(H,28,32)(H,29,33);2*1H4;. The van der Waals surface area contributed by atoms with Crippen molar-refractivity contribution >= 4 is 96.7 Å². The number of fused-ring (bicyclic) bond motifs is 2. The number of hydrogen-bond donors (Lipinski definition) is 4. The van der Waals surface area contributed by atoms with Gasteiger partial charge in [0.05, 0.1) is 17.4 Å². The zero-order valence-electron chi connectivity index (χ0n) is 38.0. The third-order valence-corrected chi connectivity index (χ3v) is 11.1. The van der Waals surface area contributed by atoms with Gasteiger partial charge >= 0.3 is 5.20 Å². The summed E-state index contributed by atoms with van der Waals surface area (Å²) in [6.07, 6.45) is 1.46. The molecule has 5 amide bonds. The van der Waals surface area contributed by atoms with Gasteiger partial charge in [-0.25, -0.2) is 15.0 Å². The summed E-state index contributed by atoms with van der Waals surface area (Å²) < 4.78 is 9.51. The van der Waals surface area contributed by atoms with E-state index in [1.54, 1.807) is 24.3 Å². The van der Waals surface area contributed by atoms with Crippen molar-refractivity contribution in [2.24, 2.45) is 4.99 Å². The predicted octanol–water partition coefficient (Wildman–Crippen LogP) is 11.7. The van der Waals surface area contributed by atoms with Crippen molar-refractivity contribution in [1.82, 2.24) is 31.2 Å². The fourth-order valence-electron chi connectivity index (χ4n) is 7.52. The van der Waals surface area contributed by atoms with Gasteiger partial charge in [0.15, 0.2) is 0 Å². The van der Waals surface area contributed by atoms with E-state index >= 15 is 0 Å². The molecule has 7 aromatic rings. The van der Waals surface area contributed by atoms with E-state index in [-0.39, 0.29) is 55.2 Å². The van der Waals surface area contributed by atoms with Crippen LogP contribution in [0.5, 0.6) is 0 Å². The third kappa shape index (κ3) is 18.4. The molecule has 0 fully saturated rings. The predicted molar refractivity (Wildman–Crippen MR) is 295 cm³/mol. The van der Waals surface area contributed by atoms with Crippen LogP contribution in [-0.4, -0.2) is 71.4 Å². The SMILES string of the molecule is C.C.O=C(NCCCNC(=O)C(c1ccccc1)c1ccccc1)C1=NC(=O)c2ccccc2C1.O=C(NCCCNC(=O)C(c1ccccc1)c1ccccc1)c1nc(Cl)c2ccccc2n1.O=P(Cl)(Cl)Cl. The van der Waals surface area contributed by atoms with Crippen LogP contribution in [0.3, 0.4) is 0 Å². The van der Waals surface area contributed by atoms with Crippen molar-refractivity contribution < 1.29 is 28.5 Å². The molecule has 1 aliphatic rings. The summed E-state index contributed by atoms with van der Waals surface area (Å²) in [5.41, 5.74) is 5.90. The van der Waals surface area contributed by atoms with Crippen LogP contribution in [0.25, 0.3) is 10.9 Å². The van der Waals surface area contributed by atoms with Crippen molar-refractivity contribution in [2.45, 2.75) is 46.0 Å². The zero-order valence-corrected chi connectivity index (χ0v) is 41.9. The maximum Gasteiger partial charge on any atom is 0.339 e. The largest absolute Gasteiger partial charge is 0.355 e. The monoisotopic (exact) mass is 1080 g/mol. The molecule has 13 nitrogen and oxygen atoms in total. The number of para-hydroxylation sites is 1. The van der Waals surface area contributed by atoms with Gasteiger partial charge in [-0.15, -0.1) is 0 Å². The second-order valence-electron chi connectivity index (χ2n) is 15.8. The van der Waals surface area contributed by atoms with Crippen molar-refractivity contribution in [1.29, 1.82) is 0 Å². The Morgan fingerprint density at radius 3 is 1.37 bits per heavy atom. The van der Waals surface area contributed by atoms with E-state index in [2.05, 4.69) is 69.9 Å². The molecule has 0 unspecified atom stereocenters. The van der Waals surface area contributed by atoms with Crippen LogP contribution < -0.4 is 21.3 Å². The zero-order chi connectivity index (χ0) is 50.6. The summed E-state index contributed by atoms with van der Waals surface area (Å²) in [5.74, 6) is -2.07. The number of aromatic nitrogens is 2. The molecule has 380 valence electrons. The number of benzene rings is 6. The third-order valence-electron chi connectivity index (χ3n) is 10.8. The lowest BCUT2D eigenvalue weighted by molar-refractivity contribution is -0.122. The molecule has 0 atom stereocenters. The first-order valence-corrected chi connectivity index (χ1v) is 27.2. The average molecular weight is 1080 g/mol. The van der Waals surface area contributed by atoms with E-state index in [0.717, 1.165) is 27.8 Å². The first-order chi connectivity index (χ1) is 34.3. The number of carbonyl (C=O) groups is 5. The molecule has 8 rings (SSSR count). The van der Waals surface area contributed by atoms with Gasteiger partial charge in [0.25, 0.3) is 17.7 Å². The molecule has 1 aliphatic heterocycles. The molecule has 0 saturated heterocycles. The lowest BCUT2D eigenvalue weighted by Gasteiger charge is -2.18. The van der Waals surface area contributed by atoms with E-state index in [4.69, 9.17) is 11.6 Å². The Labute approximate surface area is 445 Å². The van der Waals surface area contributed by atoms with Crippen molar-refractivity contribution in [3.8, 4) is 0 Å². The number of hydrogen-bond acceptors (Lipinski definition) is 8. The summed E-state index contributed by atoms with van der Waals surface area (Å²) in [6.45, 7) is 1.59. The maximum atomic E-state index is 13.0. The maximum absolute atomic E-state index is 13.0. The van der Waals surface area contributed by atoms with Crippen LogP contribution >= 0.6 is 50.5 Å². The van der Waals surface area contributed by atoms with Crippen LogP contribution in [0.2, 0.25) is 5.15 Å². The highest BCUT2D eigenvalue weighted by molar-refractivity contribution is 8.24. The number of carbonyl (C=O) groups excluding carboxylic acids is 5. The Bertz CT molecular complexity index is 2920. The van der Waals surface area contributed by atoms with Gasteiger partial charge in [0.2, 0.25) is 17.6 Å². The molecule has 0 spiro atoms. The number of aliphatic imine (C=N–C) groups is 1. The number of nitrogens with one attached hydrogen (secondary N) is 4. The topological polar surface area (TPSA) is 189 Å². The second-order valence-corrected chi connectivity index (χ2v) is 22.8.